The van der Waals surface area contributed by atoms with Gasteiger partial charge in [-0.15, -0.1) is 5.10 Å². The number of amides is 1. The number of carbonyl (C=O) groups excluding carboxylic acids is 1. The van der Waals surface area contributed by atoms with E-state index in [0.29, 0.717) is 38.0 Å². The Hall–Kier alpha value is -2.80. The molecule has 4 rings (SSSR count). The van der Waals surface area contributed by atoms with E-state index in [2.05, 4.69) is 15.4 Å². The Bertz CT molecular complexity index is 1240. The van der Waals surface area contributed by atoms with Gasteiger partial charge in [0.2, 0.25) is 5.88 Å². The topological polar surface area (TPSA) is 68.5 Å². The van der Waals surface area contributed by atoms with E-state index in [0.717, 1.165) is 5.56 Å². The third-order valence-electron chi connectivity index (χ3n) is 4.19. The Morgan fingerprint density at radius 2 is 1.83 bits per heavy atom. The van der Waals surface area contributed by atoms with Gasteiger partial charge >= 0.3 is 0 Å². The van der Waals surface area contributed by atoms with Gasteiger partial charge in [0.05, 0.1) is 40.3 Å². The third kappa shape index (κ3) is 4.00. The van der Waals surface area contributed by atoms with Crippen LogP contribution in [-0.4, -0.2) is 27.6 Å². The molecule has 29 heavy (non-hydrogen) atoms. The molecule has 0 saturated carbocycles. The molecule has 0 bridgehead atoms. The molecule has 146 valence electrons. The molecule has 0 spiro atoms. The summed E-state index contributed by atoms with van der Waals surface area (Å²) in [6, 6.07) is 13.4. The lowest BCUT2D eigenvalue weighted by molar-refractivity contribution is 0.102. The van der Waals surface area contributed by atoms with Crippen LogP contribution in [0.25, 0.3) is 16.9 Å². The number of halogens is 3. The number of nitrogens with one attached hydrogen (secondary N) is 1. The van der Waals surface area contributed by atoms with Crippen molar-refractivity contribution in [3.63, 3.8) is 0 Å². The highest BCUT2D eigenvalue weighted by atomic mass is 35.5. The van der Waals surface area contributed by atoms with Crippen LogP contribution in [0.15, 0.2) is 54.7 Å². The normalized spacial score (nSPS) is 10.9. The van der Waals surface area contributed by atoms with Crippen molar-refractivity contribution in [2.24, 2.45) is 0 Å². The third-order valence-corrected chi connectivity index (χ3v) is 5.08. The first-order valence-electron chi connectivity index (χ1n) is 8.41. The molecule has 4 aromatic rings. The lowest BCUT2D eigenvalue weighted by atomic mass is 10.1. The van der Waals surface area contributed by atoms with Gasteiger partial charge in [0.15, 0.2) is 5.65 Å². The molecule has 0 fully saturated rings. The molecule has 0 aliphatic heterocycles. The zero-order chi connectivity index (χ0) is 20.5. The number of ether oxygens (including phenoxy) is 1. The minimum Gasteiger partial charge on any atom is -0.480 e. The number of carbonyl (C=O) groups is 1. The van der Waals surface area contributed by atoms with Crippen LogP contribution in [0.3, 0.4) is 0 Å². The average molecular weight is 448 g/mol. The number of fused-ring (bicyclic) bond motifs is 1. The van der Waals surface area contributed by atoms with Crippen molar-refractivity contribution in [1.82, 2.24) is 14.6 Å². The second-order valence-corrected chi connectivity index (χ2v) is 7.33. The molecule has 0 aliphatic carbocycles. The van der Waals surface area contributed by atoms with Crippen molar-refractivity contribution in [2.45, 2.75) is 0 Å². The average Bonchev–Trinajstić information content (AvgIpc) is 3.14. The smallest absolute Gasteiger partial charge is 0.257 e. The van der Waals surface area contributed by atoms with Crippen LogP contribution >= 0.6 is 34.8 Å². The van der Waals surface area contributed by atoms with Crippen LogP contribution in [0.1, 0.15) is 10.4 Å². The first-order valence-corrected chi connectivity index (χ1v) is 9.55. The molecule has 1 N–H and O–H groups in total. The van der Waals surface area contributed by atoms with Crippen molar-refractivity contribution >= 4 is 52.0 Å². The van der Waals surface area contributed by atoms with E-state index in [4.69, 9.17) is 39.5 Å². The maximum absolute atomic E-state index is 12.6. The molecule has 6 nitrogen and oxygen atoms in total. The molecular weight excluding hydrogens is 435 g/mol. The number of hydrogen-bond donors (Lipinski definition) is 1. The molecule has 0 unspecified atom stereocenters. The molecule has 2 heterocycles. The van der Waals surface area contributed by atoms with Gasteiger partial charge in [-0.3, -0.25) is 4.79 Å². The van der Waals surface area contributed by atoms with Gasteiger partial charge in [0, 0.05) is 16.7 Å². The van der Waals surface area contributed by atoms with Crippen LogP contribution in [0.4, 0.5) is 5.69 Å². The fourth-order valence-corrected chi connectivity index (χ4v) is 3.29. The van der Waals surface area contributed by atoms with Gasteiger partial charge in [0.25, 0.3) is 5.91 Å². The lowest BCUT2D eigenvalue weighted by Gasteiger charge is -2.10. The minimum absolute atomic E-state index is 0.254. The molecule has 0 atom stereocenters. The highest BCUT2D eigenvalue weighted by Crippen LogP contribution is 2.30. The summed E-state index contributed by atoms with van der Waals surface area (Å²) < 4.78 is 6.75. The van der Waals surface area contributed by atoms with Crippen molar-refractivity contribution in [1.29, 1.82) is 0 Å². The Balaban J connectivity index is 1.67. The highest BCUT2D eigenvalue weighted by molar-refractivity contribution is 6.37. The standard InChI is InChI=1S/C20H13Cl3N4O2/c1-29-19-7-6-18-24-17(10-27(18)26-19)11-2-4-15(23)16(8-11)25-20(28)13-9-12(21)3-5-14(13)22/h2-10H,1H3,(H,25,28). The van der Waals surface area contributed by atoms with Gasteiger partial charge in [-0.05, 0) is 36.4 Å². The largest absolute Gasteiger partial charge is 0.480 e. The molecule has 2 aromatic carbocycles. The summed E-state index contributed by atoms with van der Waals surface area (Å²) in [7, 11) is 1.55. The minimum atomic E-state index is -0.419. The quantitative estimate of drug-likeness (QED) is 0.441. The van der Waals surface area contributed by atoms with Crippen molar-refractivity contribution in [3.8, 4) is 17.1 Å². The van der Waals surface area contributed by atoms with Crippen LogP contribution in [0, 0.1) is 0 Å². The summed E-state index contributed by atoms with van der Waals surface area (Å²) in [4.78, 5) is 17.2. The second-order valence-electron chi connectivity index (χ2n) is 6.08. The molecule has 0 saturated heterocycles. The van der Waals surface area contributed by atoms with Gasteiger partial charge in [-0.1, -0.05) is 40.9 Å². The number of benzene rings is 2. The van der Waals surface area contributed by atoms with Gasteiger partial charge in [-0.2, -0.15) is 0 Å². The van der Waals surface area contributed by atoms with Crippen molar-refractivity contribution in [2.75, 3.05) is 12.4 Å². The van der Waals surface area contributed by atoms with E-state index in [1.54, 1.807) is 54.2 Å². The van der Waals surface area contributed by atoms with Crippen molar-refractivity contribution < 1.29 is 9.53 Å². The summed E-state index contributed by atoms with van der Waals surface area (Å²) in [5, 5.41) is 8.15. The predicted molar refractivity (Wildman–Crippen MR) is 114 cm³/mol. The van der Waals surface area contributed by atoms with Crippen LogP contribution in [0.2, 0.25) is 15.1 Å². The number of nitrogens with zero attached hydrogens (tertiary/aromatic N) is 3. The summed E-state index contributed by atoms with van der Waals surface area (Å²) in [6.07, 6.45) is 1.76. The zero-order valence-electron chi connectivity index (χ0n) is 15.0. The van der Waals surface area contributed by atoms with Crippen molar-refractivity contribution in [3.05, 3.63) is 75.4 Å². The van der Waals surface area contributed by atoms with Crippen LogP contribution in [0.5, 0.6) is 5.88 Å². The van der Waals surface area contributed by atoms with E-state index in [1.165, 1.54) is 6.07 Å². The van der Waals surface area contributed by atoms with E-state index in [-0.39, 0.29) is 5.56 Å². The number of rotatable bonds is 4. The number of methoxy groups -OCH3 is 1. The number of anilines is 1. The lowest BCUT2D eigenvalue weighted by Crippen LogP contribution is -2.13. The van der Waals surface area contributed by atoms with Crippen LogP contribution < -0.4 is 10.1 Å². The van der Waals surface area contributed by atoms with Gasteiger partial charge in [0.1, 0.15) is 0 Å². The summed E-state index contributed by atoms with van der Waals surface area (Å²) in [6.45, 7) is 0. The molecule has 1 amide bonds. The Kier molecular flexibility index (Phi) is 5.32. The Morgan fingerprint density at radius 1 is 1.03 bits per heavy atom. The van der Waals surface area contributed by atoms with E-state index < -0.39 is 5.91 Å². The van der Waals surface area contributed by atoms with E-state index >= 15 is 0 Å². The first kappa shape index (κ1) is 19.5. The van der Waals surface area contributed by atoms with E-state index in [1.807, 2.05) is 6.07 Å². The summed E-state index contributed by atoms with van der Waals surface area (Å²) >= 11 is 18.4. The van der Waals surface area contributed by atoms with Crippen LogP contribution in [-0.2, 0) is 0 Å². The van der Waals surface area contributed by atoms with Gasteiger partial charge < -0.3 is 10.1 Å². The molecular formula is C20H13Cl3N4O2. The maximum atomic E-state index is 12.6. The summed E-state index contributed by atoms with van der Waals surface area (Å²) in [5.74, 6) is 0.0573. The number of aromatic nitrogens is 3. The van der Waals surface area contributed by atoms with E-state index in [9.17, 15) is 4.79 Å². The molecule has 9 heteroatoms. The van der Waals surface area contributed by atoms with Gasteiger partial charge in [-0.25, -0.2) is 9.50 Å². The molecule has 2 aromatic heterocycles. The Labute approximate surface area is 181 Å². The molecule has 0 aliphatic rings. The highest BCUT2D eigenvalue weighted by Gasteiger charge is 2.15. The Morgan fingerprint density at radius 3 is 2.62 bits per heavy atom. The second kappa shape index (κ2) is 7.91. The number of imidazole rings is 1. The SMILES string of the molecule is COc1ccc2nc(-c3ccc(Cl)c(NC(=O)c4cc(Cl)ccc4Cl)c3)cn2n1. The monoisotopic (exact) mass is 446 g/mol. The maximum Gasteiger partial charge on any atom is 0.257 e. The molecule has 0 radical (unpaired) electrons. The number of hydrogen-bond acceptors (Lipinski definition) is 4. The first-order chi connectivity index (χ1) is 13.9. The predicted octanol–water partition coefficient (Wildman–Crippen LogP) is 5.62. The zero-order valence-corrected chi connectivity index (χ0v) is 17.3. The fraction of sp³-hybridized carbons (Fsp3) is 0.0500. The summed E-state index contributed by atoms with van der Waals surface area (Å²) in [5.41, 5.74) is 2.76. The fourth-order valence-electron chi connectivity index (χ4n) is 2.75.